The molecular weight excluding hydrogens is 356 g/mol. The topological polar surface area (TPSA) is 88.8 Å². The summed E-state index contributed by atoms with van der Waals surface area (Å²) in [4.78, 5) is 26.5. The van der Waals surface area contributed by atoms with Crippen molar-refractivity contribution in [3.8, 4) is 5.69 Å². The Kier molecular flexibility index (Phi) is 4.92. The van der Waals surface area contributed by atoms with E-state index >= 15 is 0 Å². The highest BCUT2D eigenvalue weighted by atomic mass is 16.2. The molecule has 144 valence electrons. The van der Waals surface area contributed by atoms with Crippen molar-refractivity contribution in [3.05, 3.63) is 70.7 Å². The molecule has 1 aromatic carbocycles. The van der Waals surface area contributed by atoms with Crippen molar-refractivity contribution in [2.45, 2.75) is 18.8 Å². The van der Waals surface area contributed by atoms with E-state index in [-0.39, 0.29) is 17.5 Å². The Morgan fingerprint density at radius 3 is 2.64 bits per heavy atom. The number of amides is 1. The van der Waals surface area contributed by atoms with Crippen LogP contribution in [0.25, 0.3) is 11.8 Å². The van der Waals surface area contributed by atoms with Crippen molar-refractivity contribution in [3.63, 3.8) is 0 Å². The van der Waals surface area contributed by atoms with E-state index in [9.17, 15) is 9.59 Å². The molecule has 2 aromatic heterocycles. The molecule has 1 saturated heterocycles. The fourth-order valence-electron chi connectivity index (χ4n) is 3.57. The standard InChI is InChI=1S/C20H22N6O2/c1-24-14-15(13-21-24)7-8-18(27)25-11-9-16(10-12-25)19-22-23-20(28)26(19)17-5-3-2-4-6-17/h2-8,13-14,16H,9-12H2,1H3,(H,23,28). The number of aromatic nitrogens is 5. The van der Waals surface area contributed by atoms with E-state index in [1.54, 1.807) is 27.6 Å². The van der Waals surface area contributed by atoms with Crippen molar-refractivity contribution in [2.24, 2.45) is 7.05 Å². The highest BCUT2D eigenvalue weighted by Gasteiger charge is 2.27. The number of rotatable bonds is 4. The maximum atomic E-state index is 12.4. The third-order valence-corrected chi connectivity index (χ3v) is 5.03. The van der Waals surface area contributed by atoms with E-state index in [1.807, 2.05) is 48.5 Å². The molecule has 0 radical (unpaired) electrons. The maximum absolute atomic E-state index is 12.4. The van der Waals surface area contributed by atoms with Gasteiger partial charge in [0.25, 0.3) is 0 Å². The lowest BCUT2D eigenvalue weighted by atomic mass is 9.95. The van der Waals surface area contributed by atoms with Gasteiger partial charge in [0.15, 0.2) is 0 Å². The molecule has 1 amide bonds. The van der Waals surface area contributed by atoms with Crippen LogP contribution in [0.15, 0.2) is 53.6 Å². The SMILES string of the molecule is Cn1cc(C=CC(=O)N2CCC(c3n[nH]c(=O)n3-c3ccccc3)CC2)cn1. The van der Waals surface area contributed by atoms with Gasteiger partial charge in [-0.15, -0.1) is 0 Å². The number of likely N-dealkylation sites (tertiary alicyclic amines) is 1. The van der Waals surface area contributed by atoms with Gasteiger partial charge in [-0.1, -0.05) is 18.2 Å². The molecule has 3 heterocycles. The molecule has 1 N–H and O–H groups in total. The van der Waals surface area contributed by atoms with Crippen molar-refractivity contribution in [1.29, 1.82) is 0 Å². The summed E-state index contributed by atoms with van der Waals surface area (Å²) >= 11 is 0. The molecule has 0 bridgehead atoms. The van der Waals surface area contributed by atoms with Gasteiger partial charge >= 0.3 is 5.69 Å². The van der Waals surface area contributed by atoms with Crippen LogP contribution < -0.4 is 5.69 Å². The predicted octanol–water partition coefficient (Wildman–Crippen LogP) is 1.71. The van der Waals surface area contributed by atoms with Crippen LogP contribution >= 0.6 is 0 Å². The predicted molar refractivity (Wildman–Crippen MR) is 105 cm³/mol. The molecule has 4 rings (SSSR count). The normalized spacial score (nSPS) is 15.4. The molecule has 1 aliphatic heterocycles. The molecule has 0 atom stereocenters. The molecule has 8 heteroatoms. The van der Waals surface area contributed by atoms with Crippen molar-refractivity contribution in [2.75, 3.05) is 13.1 Å². The number of hydrogen-bond acceptors (Lipinski definition) is 4. The van der Waals surface area contributed by atoms with E-state index in [0.717, 1.165) is 29.9 Å². The highest BCUT2D eigenvalue weighted by Crippen LogP contribution is 2.27. The summed E-state index contributed by atoms with van der Waals surface area (Å²) in [6, 6.07) is 9.49. The zero-order chi connectivity index (χ0) is 19.5. The first-order valence-corrected chi connectivity index (χ1v) is 9.30. The molecule has 0 spiro atoms. The van der Waals surface area contributed by atoms with Crippen molar-refractivity contribution >= 4 is 12.0 Å². The lowest BCUT2D eigenvalue weighted by molar-refractivity contribution is -0.127. The van der Waals surface area contributed by atoms with Crippen LogP contribution in [0.3, 0.4) is 0 Å². The molecule has 1 fully saturated rings. The van der Waals surface area contributed by atoms with Gasteiger partial charge in [0, 0.05) is 43.9 Å². The Morgan fingerprint density at radius 1 is 1.21 bits per heavy atom. The highest BCUT2D eigenvalue weighted by molar-refractivity contribution is 5.91. The van der Waals surface area contributed by atoms with Crippen molar-refractivity contribution in [1.82, 2.24) is 29.4 Å². The van der Waals surface area contributed by atoms with Gasteiger partial charge in [0.1, 0.15) is 5.82 Å². The summed E-state index contributed by atoms with van der Waals surface area (Å²) in [7, 11) is 1.84. The number of benzene rings is 1. The second-order valence-corrected chi connectivity index (χ2v) is 6.94. The molecule has 3 aromatic rings. The number of nitrogens with zero attached hydrogens (tertiary/aromatic N) is 5. The summed E-state index contributed by atoms with van der Waals surface area (Å²) in [5, 5.41) is 10.9. The van der Waals surface area contributed by atoms with Gasteiger partial charge in [-0.3, -0.25) is 9.48 Å². The van der Waals surface area contributed by atoms with Crippen LogP contribution in [0, 0.1) is 0 Å². The number of aryl methyl sites for hydroxylation is 1. The average molecular weight is 378 g/mol. The first-order valence-electron chi connectivity index (χ1n) is 9.30. The second kappa shape index (κ2) is 7.67. The van der Waals surface area contributed by atoms with Crippen LogP contribution in [0.5, 0.6) is 0 Å². The van der Waals surface area contributed by atoms with E-state index in [1.165, 1.54) is 0 Å². The van der Waals surface area contributed by atoms with E-state index < -0.39 is 0 Å². The third kappa shape index (κ3) is 3.66. The Hall–Kier alpha value is -3.42. The van der Waals surface area contributed by atoms with E-state index in [0.29, 0.717) is 13.1 Å². The number of piperidine rings is 1. The molecule has 0 aliphatic carbocycles. The van der Waals surface area contributed by atoms with Crippen LogP contribution in [-0.4, -0.2) is 48.4 Å². The number of para-hydroxylation sites is 1. The van der Waals surface area contributed by atoms with Gasteiger partial charge in [0.05, 0.1) is 11.9 Å². The minimum atomic E-state index is -0.237. The fourth-order valence-corrected chi connectivity index (χ4v) is 3.57. The monoisotopic (exact) mass is 378 g/mol. The summed E-state index contributed by atoms with van der Waals surface area (Å²) in [6.07, 6.45) is 8.48. The average Bonchev–Trinajstić information content (AvgIpc) is 3.32. The fraction of sp³-hybridized carbons (Fsp3) is 0.300. The Balaban J connectivity index is 1.43. The van der Waals surface area contributed by atoms with Crippen LogP contribution in [0.2, 0.25) is 0 Å². The molecule has 8 nitrogen and oxygen atoms in total. The third-order valence-electron chi connectivity index (χ3n) is 5.03. The lowest BCUT2D eigenvalue weighted by Crippen LogP contribution is -2.37. The van der Waals surface area contributed by atoms with Gasteiger partial charge < -0.3 is 4.90 Å². The van der Waals surface area contributed by atoms with E-state index in [2.05, 4.69) is 15.3 Å². The largest absolute Gasteiger partial charge is 0.347 e. The molecular formula is C20H22N6O2. The van der Waals surface area contributed by atoms with Crippen LogP contribution in [0.4, 0.5) is 0 Å². The summed E-state index contributed by atoms with van der Waals surface area (Å²) in [6.45, 7) is 1.27. The Labute approximate surface area is 162 Å². The number of H-pyrrole nitrogens is 1. The Morgan fingerprint density at radius 2 is 1.96 bits per heavy atom. The summed E-state index contributed by atoms with van der Waals surface area (Å²) in [5.74, 6) is 0.851. The zero-order valence-corrected chi connectivity index (χ0v) is 15.7. The van der Waals surface area contributed by atoms with Gasteiger partial charge in [-0.05, 0) is 31.1 Å². The number of hydrogen-bond donors (Lipinski definition) is 1. The quantitative estimate of drug-likeness (QED) is 0.700. The first-order chi connectivity index (χ1) is 13.6. The number of carbonyl (C=O) groups is 1. The zero-order valence-electron chi connectivity index (χ0n) is 15.7. The summed E-state index contributed by atoms with van der Waals surface area (Å²) < 4.78 is 3.33. The number of aromatic amines is 1. The van der Waals surface area contributed by atoms with Gasteiger partial charge in [-0.25, -0.2) is 14.5 Å². The lowest BCUT2D eigenvalue weighted by Gasteiger charge is -2.30. The summed E-state index contributed by atoms with van der Waals surface area (Å²) in [5.41, 5.74) is 1.46. The number of nitrogens with one attached hydrogen (secondary N) is 1. The van der Waals surface area contributed by atoms with Gasteiger partial charge in [0.2, 0.25) is 5.91 Å². The second-order valence-electron chi connectivity index (χ2n) is 6.94. The van der Waals surface area contributed by atoms with Crippen LogP contribution in [-0.2, 0) is 11.8 Å². The van der Waals surface area contributed by atoms with Gasteiger partial charge in [-0.2, -0.15) is 10.2 Å². The molecule has 28 heavy (non-hydrogen) atoms. The minimum Gasteiger partial charge on any atom is -0.339 e. The molecule has 0 unspecified atom stereocenters. The molecule has 0 saturated carbocycles. The maximum Gasteiger partial charge on any atom is 0.347 e. The molecule has 1 aliphatic rings. The smallest absolute Gasteiger partial charge is 0.339 e. The van der Waals surface area contributed by atoms with E-state index in [4.69, 9.17) is 0 Å². The Bertz CT molecular complexity index is 1040. The first kappa shape index (κ1) is 18.0. The van der Waals surface area contributed by atoms with Crippen molar-refractivity contribution < 1.29 is 4.79 Å². The minimum absolute atomic E-state index is 0.00946. The number of carbonyl (C=O) groups excluding carboxylic acids is 1. The van der Waals surface area contributed by atoms with Crippen LogP contribution in [0.1, 0.15) is 30.1 Å².